The summed E-state index contributed by atoms with van der Waals surface area (Å²) in [6.07, 6.45) is 1.10. The van der Waals surface area contributed by atoms with Gasteiger partial charge in [0.25, 0.3) is 0 Å². The summed E-state index contributed by atoms with van der Waals surface area (Å²) in [5.74, 6) is 0.960. The topological polar surface area (TPSA) is 17.1 Å². The molecule has 0 heterocycles. The highest BCUT2D eigenvalue weighted by atomic mass is 16.1. The van der Waals surface area contributed by atoms with Crippen molar-refractivity contribution in [3.63, 3.8) is 0 Å². The van der Waals surface area contributed by atoms with Crippen molar-refractivity contribution in [2.45, 2.75) is 53.9 Å². The van der Waals surface area contributed by atoms with Gasteiger partial charge < -0.3 is 0 Å². The Kier molecular flexibility index (Phi) is 4.72. The molecule has 1 unspecified atom stereocenters. The quantitative estimate of drug-likeness (QED) is 0.758. The van der Waals surface area contributed by atoms with Crippen LogP contribution in [0.2, 0.25) is 0 Å². The molecule has 0 aliphatic heterocycles. The Morgan fingerprint density at radius 3 is 1.94 bits per heavy atom. The van der Waals surface area contributed by atoms with E-state index in [1.54, 1.807) is 0 Å². The van der Waals surface area contributed by atoms with Gasteiger partial charge in [-0.05, 0) is 23.5 Å². The Bertz CT molecular complexity index is 393. The van der Waals surface area contributed by atoms with Crippen molar-refractivity contribution in [3.05, 3.63) is 35.4 Å². The normalized spacial score (nSPS) is 13.7. The van der Waals surface area contributed by atoms with Gasteiger partial charge in [0.1, 0.15) is 5.78 Å². The molecule has 1 atom stereocenters. The third kappa shape index (κ3) is 3.97. The fourth-order valence-corrected chi connectivity index (χ4v) is 2.21. The molecule has 0 spiro atoms. The summed E-state index contributed by atoms with van der Waals surface area (Å²) in [4.78, 5) is 12.2. The maximum atomic E-state index is 12.2. The van der Waals surface area contributed by atoms with Crippen LogP contribution in [0.4, 0.5) is 0 Å². The van der Waals surface area contributed by atoms with Crippen molar-refractivity contribution < 1.29 is 4.79 Å². The fourth-order valence-electron chi connectivity index (χ4n) is 2.21. The molecule has 0 bridgehead atoms. The fraction of sp³-hybridized carbons (Fsp3) is 0.588. The summed E-state index contributed by atoms with van der Waals surface area (Å²) in [7, 11) is 0. The molecule has 0 saturated carbocycles. The third-order valence-corrected chi connectivity index (χ3v) is 3.26. The number of rotatable bonds is 4. The van der Waals surface area contributed by atoms with Crippen molar-refractivity contribution in [3.8, 4) is 0 Å². The molecular weight excluding hydrogens is 220 g/mol. The Morgan fingerprint density at radius 2 is 1.56 bits per heavy atom. The average Bonchev–Trinajstić information content (AvgIpc) is 2.26. The van der Waals surface area contributed by atoms with E-state index in [2.05, 4.69) is 38.1 Å². The van der Waals surface area contributed by atoms with Crippen LogP contribution < -0.4 is 0 Å². The van der Waals surface area contributed by atoms with Crippen molar-refractivity contribution in [2.24, 2.45) is 11.3 Å². The Morgan fingerprint density at radius 1 is 1.06 bits per heavy atom. The van der Waals surface area contributed by atoms with Gasteiger partial charge >= 0.3 is 0 Å². The maximum absolute atomic E-state index is 12.2. The lowest BCUT2D eigenvalue weighted by Gasteiger charge is -2.22. The maximum Gasteiger partial charge on any atom is 0.145 e. The largest absolute Gasteiger partial charge is 0.298 e. The van der Waals surface area contributed by atoms with E-state index in [1.807, 2.05) is 27.7 Å². The average molecular weight is 246 g/mol. The van der Waals surface area contributed by atoms with Crippen LogP contribution in [-0.2, 0) is 11.2 Å². The molecule has 1 rings (SSSR count). The Balaban J connectivity index is 2.82. The van der Waals surface area contributed by atoms with E-state index in [4.69, 9.17) is 0 Å². The van der Waals surface area contributed by atoms with Crippen LogP contribution in [0.15, 0.2) is 24.3 Å². The minimum atomic E-state index is -0.268. The highest BCUT2D eigenvalue weighted by Gasteiger charge is 2.27. The number of carbonyl (C=O) groups excluding carboxylic acids is 1. The standard InChI is InChI=1S/C17H26O/c1-12(2)11-14-7-9-15(10-8-14)13(3)16(18)17(4,5)6/h7-10,12-13H,11H2,1-6H3. The van der Waals surface area contributed by atoms with Gasteiger partial charge in [-0.3, -0.25) is 4.79 Å². The minimum absolute atomic E-state index is 0.0156. The summed E-state index contributed by atoms with van der Waals surface area (Å²) < 4.78 is 0. The van der Waals surface area contributed by atoms with Crippen LogP contribution in [0.3, 0.4) is 0 Å². The monoisotopic (exact) mass is 246 g/mol. The molecule has 0 amide bonds. The zero-order valence-corrected chi connectivity index (χ0v) is 12.6. The molecule has 0 aliphatic rings. The number of carbonyl (C=O) groups is 1. The molecular formula is C17H26O. The SMILES string of the molecule is CC(C)Cc1ccc(C(C)C(=O)C(C)(C)C)cc1. The number of benzene rings is 1. The van der Waals surface area contributed by atoms with Crippen LogP contribution >= 0.6 is 0 Å². The van der Waals surface area contributed by atoms with E-state index in [0.29, 0.717) is 11.7 Å². The summed E-state index contributed by atoms with van der Waals surface area (Å²) in [5, 5.41) is 0. The highest BCUT2D eigenvalue weighted by molar-refractivity contribution is 5.89. The van der Waals surface area contributed by atoms with E-state index in [-0.39, 0.29) is 11.3 Å². The summed E-state index contributed by atoms with van der Waals surface area (Å²) >= 11 is 0. The summed E-state index contributed by atoms with van der Waals surface area (Å²) in [6.45, 7) is 12.4. The molecule has 0 saturated heterocycles. The van der Waals surface area contributed by atoms with Crippen LogP contribution in [0.5, 0.6) is 0 Å². The second kappa shape index (κ2) is 5.69. The molecule has 0 aliphatic carbocycles. The molecule has 0 fully saturated rings. The zero-order valence-electron chi connectivity index (χ0n) is 12.6. The second-order valence-corrected chi connectivity index (χ2v) is 6.68. The first-order valence-corrected chi connectivity index (χ1v) is 6.85. The zero-order chi connectivity index (χ0) is 13.9. The number of Topliss-reactive ketones (excluding diaryl/α,β-unsaturated/α-hetero) is 1. The first-order valence-electron chi connectivity index (χ1n) is 6.85. The van der Waals surface area contributed by atoms with Crippen molar-refractivity contribution in [1.29, 1.82) is 0 Å². The van der Waals surface area contributed by atoms with Crippen molar-refractivity contribution >= 4 is 5.78 Å². The lowest BCUT2D eigenvalue weighted by atomic mass is 9.80. The van der Waals surface area contributed by atoms with E-state index in [1.165, 1.54) is 5.56 Å². The van der Waals surface area contributed by atoms with E-state index in [9.17, 15) is 4.79 Å². The van der Waals surface area contributed by atoms with Crippen LogP contribution in [0.25, 0.3) is 0 Å². The van der Waals surface area contributed by atoms with Gasteiger partial charge in [0.2, 0.25) is 0 Å². The molecule has 1 nitrogen and oxygen atoms in total. The molecule has 0 aromatic heterocycles. The summed E-state index contributed by atoms with van der Waals surface area (Å²) in [6, 6.07) is 8.52. The Labute approximate surface area is 112 Å². The molecule has 1 heteroatoms. The molecule has 1 aromatic rings. The van der Waals surface area contributed by atoms with E-state index >= 15 is 0 Å². The van der Waals surface area contributed by atoms with Gasteiger partial charge in [-0.15, -0.1) is 0 Å². The second-order valence-electron chi connectivity index (χ2n) is 6.68. The van der Waals surface area contributed by atoms with Gasteiger partial charge in [-0.1, -0.05) is 65.8 Å². The number of hydrogen-bond donors (Lipinski definition) is 0. The van der Waals surface area contributed by atoms with Gasteiger partial charge in [0, 0.05) is 11.3 Å². The predicted octanol–water partition coefficient (Wildman–Crippen LogP) is 4.60. The van der Waals surface area contributed by atoms with Gasteiger partial charge in [-0.2, -0.15) is 0 Å². The van der Waals surface area contributed by atoms with E-state index in [0.717, 1.165) is 12.0 Å². The lowest BCUT2D eigenvalue weighted by molar-refractivity contribution is -0.127. The molecule has 1 aromatic carbocycles. The molecule has 100 valence electrons. The van der Waals surface area contributed by atoms with Crippen LogP contribution in [0.1, 0.15) is 58.6 Å². The van der Waals surface area contributed by atoms with Crippen molar-refractivity contribution in [1.82, 2.24) is 0 Å². The van der Waals surface area contributed by atoms with Gasteiger partial charge in [0.05, 0.1) is 0 Å². The van der Waals surface area contributed by atoms with E-state index < -0.39 is 0 Å². The molecule has 0 N–H and O–H groups in total. The molecule has 18 heavy (non-hydrogen) atoms. The lowest BCUT2D eigenvalue weighted by Crippen LogP contribution is -2.25. The van der Waals surface area contributed by atoms with Gasteiger partial charge in [-0.25, -0.2) is 0 Å². The molecule has 0 radical (unpaired) electrons. The first kappa shape index (κ1) is 14.9. The first-order chi connectivity index (χ1) is 8.21. The van der Waals surface area contributed by atoms with Crippen LogP contribution in [-0.4, -0.2) is 5.78 Å². The van der Waals surface area contributed by atoms with Crippen LogP contribution in [0, 0.1) is 11.3 Å². The Hall–Kier alpha value is -1.11. The highest BCUT2D eigenvalue weighted by Crippen LogP contribution is 2.27. The summed E-state index contributed by atoms with van der Waals surface area (Å²) in [5.41, 5.74) is 2.21. The third-order valence-electron chi connectivity index (χ3n) is 3.26. The number of ketones is 1. The smallest absolute Gasteiger partial charge is 0.145 e. The minimum Gasteiger partial charge on any atom is -0.298 e. The van der Waals surface area contributed by atoms with Gasteiger partial charge in [0.15, 0.2) is 0 Å². The van der Waals surface area contributed by atoms with Crippen molar-refractivity contribution in [2.75, 3.05) is 0 Å². The number of hydrogen-bond acceptors (Lipinski definition) is 1. The predicted molar refractivity (Wildman–Crippen MR) is 77.9 cm³/mol.